The molecule has 0 saturated heterocycles. The van der Waals surface area contributed by atoms with Crippen molar-refractivity contribution >= 4 is 48.2 Å². The minimum Gasteiger partial charge on any atom is -0.288 e. The van der Waals surface area contributed by atoms with E-state index < -0.39 is 10.0 Å². The third kappa shape index (κ3) is 2.91. The fraction of sp³-hybridized carbons (Fsp3) is 0. The minimum atomic E-state index is -3.92. The second kappa shape index (κ2) is 6.30. The summed E-state index contributed by atoms with van der Waals surface area (Å²) in [6.45, 7) is 0. The lowest BCUT2D eigenvalue weighted by Gasteiger charge is -2.14. The molecule has 0 unspecified atom stereocenters. The first-order valence-corrected chi connectivity index (χ1v) is 10.0. The number of ketones is 1. The molecule has 6 heteroatoms. The maximum Gasteiger partial charge on any atom is 0.282 e. The smallest absolute Gasteiger partial charge is 0.282 e. The second-order valence-electron chi connectivity index (χ2n) is 5.83. The molecule has 0 saturated carbocycles. The molecule has 0 aromatic heterocycles. The molecule has 0 heterocycles. The molecule has 3 aromatic rings. The van der Waals surface area contributed by atoms with Gasteiger partial charge in [0.05, 0.1) is 15.1 Å². The molecule has 0 fully saturated rings. The summed E-state index contributed by atoms with van der Waals surface area (Å²) >= 11 is 3.20. The molecule has 3 aromatic carbocycles. The van der Waals surface area contributed by atoms with E-state index >= 15 is 0 Å². The number of hydrogen-bond acceptors (Lipinski definition) is 3. The van der Waals surface area contributed by atoms with Crippen molar-refractivity contribution < 1.29 is 13.2 Å². The van der Waals surface area contributed by atoms with Gasteiger partial charge in [0.15, 0.2) is 0 Å². The van der Waals surface area contributed by atoms with Gasteiger partial charge in [-0.3, -0.25) is 4.79 Å². The Hall–Kier alpha value is -2.57. The Balaban J connectivity index is 1.87. The molecular weight excluding hydrogens is 414 g/mol. The number of allylic oxidation sites excluding steroid dienone is 2. The fourth-order valence-corrected chi connectivity index (χ4v) is 4.34. The van der Waals surface area contributed by atoms with Gasteiger partial charge in [0, 0.05) is 11.1 Å². The van der Waals surface area contributed by atoms with Crippen LogP contribution in [-0.4, -0.2) is 19.9 Å². The molecule has 0 atom stereocenters. The van der Waals surface area contributed by atoms with Crippen LogP contribution in [0.15, 0.2) is 86.6 Å². The number of carbonyl (C=O) groups excluding carboxylic acids is 1. The van der Waals surface area contributed by atoms with Gasteiger partial charge in [-0.1, -0.05) is 54.6 Å². The van der Waals surface area contributed by atoms with Gasteiger partial charge in [-0.2, -0.15) is 12.8 Å². The SMILES string of the molecule is O=C1C(Br)=CC(=NS(=O)(=O)c2ccc3ccccc3c2)c2ccccc21. The number of nitrogens with zero attached hydrogens (tertiary/aromatic N) is 1. The highest BCUT2D eigenvalue weighted by molar-refractivity contribution is 9.12. The summed E-state index contributed by atoms with van der Waals surface area (Å²) in [7, 11) is -3.92. The van der Waals surface area contributed by atoms with Gasteiger partial charge in [0.25, 0.3) is 10.0 Å². The average Bonchev–Trinajstić information content (AvgIpc) is 2.65. The van der Waals surface area contributed by atoms with Gasteiger partial charge >= 0.3 is 0 Å². The lowest BCUT2D eigenvalue weighted by atomic mass is 9.94. The van der Waals surface area contributed by atoms with Gasteiger partial charge in [-0.05, 0) is 44.9 Å². The third-order valence-corrected chi connectivity index (χ3v) is 6.04. The van der Waals surface area contributed by atoms with Crippen molar-refractivity contribution in [2.24, 2.45) is 4.40 Å². The number of sulfonamides is 1. The highest BCUT2D eigenvalue weighted by atomic mass is 79.9. The van der Waals surface area contributed by atoms with Crippen LogP contribution >= 0.6 is 15.9 Å². The van der Waals surface area contributed by atoms with Crippen molar-refractivity contribution in [2.75, 3.05) is 0 Å². The predicted molar refractivity (Wildman–Crippen MR) is 105 cm³/mol. The average molecular weight is 426 g/mol. The van der Waals surface area contributed by atoms with Crippen LogP contribution in [0.25, 0.3) is 10.8 Å². The largest absolute Gasteiger partial charge is 0.288 e. The summed E-state index contributed by atoms with van der Waals surface area (Å²) in [5.74, 6) is -0.192. The van der Waals surface area contributed by atoms with Crippen molar-refractivity contribution in [2.45, 2.75) is 4.90 Å². The summed E-state index contributed by atoms with van der Waals surface area (Å²) in [4.78, 5) is 12.3. The molecule has 4 rings (SSSR count). The molecule has 4 nitrogen and oxygen atoms in total. The van der Waals surface area contributed by atoms with E-state index in [2.05, 4.69) is 20.3 Å². The number of carbonyl (C=O) groups is 1. The van der Waals surface area contributed by atoms with Crippen LogP contribution in [0.5, 0.6) is 0 Å². The van der Waals surface area contributed by atoms with Crippen LogP contribution in [-0.2, 0) is 10.0 Å². The van der Waals surface area contributed by atoms with Crippen molar-refractivity contribution in [1.82, 2.24) is 0 Å². The Labute approximate surface area is 159 Å². The summed E-state index contributed by atoms with van der Waals surface area (Å²) in [6, 6.07) is 19.3. The van der Waals surface area contributed by atoms with Gasteiger partial charge in [-0.25, -0.2) is 0 Å². The normalized spacial score (nSPS) is 15.8. The molecule has 0 N–H and O–H groups in total. The Morgan fingerprint density at radius 3 is 2.23 bits per heavy atom. The maximum absolute atomic E-state index is 12.8. The number of rotatable bonds is 2. The summed E-state index contributed by atoms with van der Waals surface area (Å²) in [5, 5.41) is 1.78. The van der Waals surface area contributed by atoms with Crippen LogP contribution in [0.1, 0.15) is 15.9 Å². The van der Waals surface area contributed by atoms with Crippen LogP contribution in [0, 0.1) is 0 Å². The molecule has 0 spiro atoms. The monoisotopic (exact) mass is 425 g/mol. The minimum absolute atomic E-state index is 0.114. The first-order chi connectivity index (χ1) is 12.5. The molecular formula is C20H12BrNO3S. The van der Waals surface area contributed by atoms with E-state index in [1.54, 1.807) is 42.5 Å². The van der Waals surface area contributed by atoms with E-state index in [9.17, 15) is 13.2 Å². The molecule has 0 bridgehead atoms. The molecule has 128 valence electrons. The third-order valence-electron chi connectivity index (χ3n) is 4.17. The molecule has 1 aliphatic carbocycles. The quantitative estimate of drug-likeness (QED) is 0.607. The number of halogens is 1. The standard InChI is InChI=1S/C20H12BrNO3S/c21-18-12-19(16-7-3-4-8-17(16)20(18)23)22-26(24,25)15-10-9-13-5-1-2-6-14(13)11-15/h1-12H. The van der Waals surface area contributed by atoms with Crippen molar-refractivity contribution in [3.05, 3.63) is 88.4 Å². The molecule has 26 heavy (non-hydrogen) atoms. The molecule has 0 radical (unpaired) electrons. The van der Waals surface area contributed by atoms with Crippen LogP contribution < -0.4 is 0 Å². The van der Waals surface area contributed by atoms with E-state index in [1.165, 1.54) is 6.08 Å². The van der Waals surface area contributed by atoms with Crippen LogP contribution in [0.3, 0.4) is 0 Å². The molecule has 0 aliphatic heterocycles. The lowest BCUT2D eigenvalue weighted by Crippen LogP contribution is -2.16. The predicted octanol–water partition coefficient (Wildman–Crippen LogP) is 4.49. The summed E-state index contributed by atoms with van der Waals surface area (Å²) < 4.78 is 29.9. The van der Waals surface area contributed by atoms with Crippen LogP contribution in [0.4, 0.5) is 0 Å². The maximum atomic E-state index is 12.8. The first-order valence-electron chi connectivity index (χ1n) is 7.81. The first kappa shape index (κ1) is 16.9. The highest BCUT2D eigenvalue weighted by Gasteiger charge is 2.24. The van der Waals surface area contributed by atoms with E-state index in [-0.39, 0.29) is 20.9 Å². The number of hydrogen-bond donors (Lipinski definition) is 0. The zero-order chi connectivity index (χ0) is 18.3. The Morgan fingerprint density at radius 1 is 0.808 bits per heavy atom. The van der Waals surface area contributed by atoms with Crippen LogP contribution in [0.2, 0.25) is 0 Å². The summed E-state index contributed by atoms with van der Waals surface area (Å²) in [6.07, 6.45) is 1.45. The van der Waals surface area contributed by atoms with E-state index in [4.69, 9.17) is 0 Å². The Morgan fingerprint density at radius 2 is 1.46 bits per heavy atom. The van der Waals surface area contributed by atoms with Crippen molar-refractivity contribution in [1.29, 1.82) is 0 Å². The van der Waals surface area contributed by atoms with E-state index in [1.807, 2.05) is 24.3 Å². The van der Waals surface area contributed by atoms with Crippen molar-refractivity contribution in [3.63, 3.8) is 0 Å². The topological polar surface area (TPSA) is 63.6 Å². The summed E-state index contributed by atoms with van der Waals surface area (Å²) in [5.41, 5.74) is 1.17. The van der Waals surface area contributed by atoms with Gasteiger partial charge < -0.3 is 0 Å². The van der Waals surface area contributed by atoms with Gasteiger partial charge in [0.2, 0.25) is 5.78 Å². The van der Waals surface area contributed by atoms with Gasteiger partial charge in [0.1, 0.15) is 0 Å². The zero-order valence-electron chi connectivity index (χ0n) is 13.4. The zero-order valence-corrected chi connectivity index (χ0v) is 15.8. The number of fused-ring (bicyclic) bond motifs is 2. The molecule has 0 amide bonds. The number of benzene rings is 3. The van der Waals surface area contributed by atoms with E-state index in [0.29, 0.717) is 11.1 Å². The van der Waals surface area contributed by atoms with E-state index in [0.717, 1.165) is 10.8 Å². The lowest BCUT2D eigenvalue weighted by molar-refractivity contribution is 0.104. The highest BCUT2D eigenvalue weighted by Crippen LogP contribution is 2.27. The molecule has 1 aliphatic rings. The second-order valence-corrected chi connectivity index (χ2v) is 8.29. The fourth-order valence-electron chi connectivity index (χ4n) is 2.88. The van der Waals surface area contributed by atoms with Crippen molar-refractivity contribution in [3.8, 4) is 0 Å². The Kier molecular flexibility index (Phi) is 4.09. The number of Topliss-reactive ketones (excluding diaryl/α,β-unsaturated/α-hetero) is 1. The van der Waals surface area contributed by atoms with Gasteiger partial charge in [-0.15, -0.1) is 0 Å². The Bertz CT molecular complexity index is 1230.